The van der Waals surface area contributed by atoms with Crippen LogP contribution in [0.4, 0.5) is 4.79 Å². The van der Waals surface area contributed by atoms with Crippen LogP contribution in [0.5, 0.6) is 5.75 Å². The van der Waals surface area contributed by atoms with E-state index in [1.807, 2.05) is 30.3 Å². The number of aliphatic carboxylic acids is 2. The van der Waals surface area contributed by atoms with Gasteiger partial charge in [-0.15, -0.1) is 0 Å². The fourth-order valence-electron chi connectivity index (χ4n) is 6.30. The molecule has 0 aliphatic carbocycles. The number of carbonyl (C=O) groups excluding carboxylic acids is 4. The second-order valence-electron chi connectivity index (χ2n) is 11.9. The minimum Gasteiger partial charge on any atom is -0.483 e. The first-order valence-corrected chi connectivity index (χ1v) is 16.4. The van der Waals surface area contributed by atoms with Gasteiger partial charge in [0.2, 0.25) is 5.91 Å². The van der Waals surface area contributed by atoms with Gasteiger partial charge in [-0.25, -0.2) is 14.6 Å². The topological polar surface area (TPSA) is 196 Å². The van der Waals surface area contributed by atoms with Crippen molar-refractivity contribution in [2.45, 2.75) is 50.7 Å². The number of aromatic nitrogens is 1. The van der Waals surface area contributed by atoms with E-state index in [1.54, 1.807) is 31.2 Å². The van der Waals surface area contributed by atoms with E-state index in [-0.39, 0.29) is 63.5 Å². The summed E-state index contributed by atoms with van der Waals surface area (Å²) in [6, 6.07) is 14.6. The number of pyridine rings is 1. The molecule has 0 radical (unpaired) electrons. The van der Waals surface area contributed by atoms with E-state index in [2.05, 4.69) is 10.3 Å². The summed E-state index contributed by atoms with van der Waals surface area (Å²) in [5.74, 6) is -3.94. The third-order valence-electron chi connectivity index (χ3n) is 8.77. The molecule has 5 rings (SSSR count). The smallest absolute Gasteiger partial charge is 0.409 e. The summed E-state index contributed by atoms with van der Waals surface area (Å²) in [5.41, 5.74) is 1.03. The van der Waals surface area contributed by atoms with Gasteiger partial charge in [0, 0.05) is 44.1 Å². The van der Waals surface area contributed by atoms with E-state index in [1.165, 1.54) is 20.8 Å². The van der Waals surface area contributed by atoms with Crippen LogP contribution in [-0.2, 0) is 23.9 Å². The molecule has 4 amide bonds. The third kappa shape index (κ3) is 8.28. The van der Waals surface area contributed by atoms with Crippen molar-refractivity contribution < 1.29 is 48.5 Å². The maximum Gasteiger partial charge on any atom is 0.409 e. The first-order chi connectivity index (χ1) is 24.1. The molecule has 2 fully saturated rings. The highest BCUT2D eigenvalue weighted by Crippen LogP contribution is 2.36. The van der Waals surface area contributed by atoms with Gasteiger partial charge in [-0.1, -0.05) is 42.5 Å². The van der Waals surface area contributed by atoms with Crippen molar-refractivity contribution in [1.29, 1.82) is 0 Å². The van der Waals surface area contributed by atoms with E-state index >= 15 is 0 Å². The molecule has 2 aromatic carbocycles. The molecule has 1 aromatic heterocycles. The molecule has 50 heavy (non-hydrogen) atoms. The lowest BCUT2D eigenvalue weighted by molar-refractivity contribution is -0.150. The second kappa shape index (κ2) is 16.1. The van der Waals surface area contributed by atoms with Crippen molar-refractivity contribution in [3.8, 4) is 5.75 Å². The Morgan fingerprint density at radius 2 is 1.60 bits per heavy atom. The lowest BCUT2D eigenvalue weighted by Gasteiger charge is -2.35. The fourth-order valence-corrected chi connectivity index (χ4v) is 6.30. The number of nitrogens with one attached hydrogen (secondary N) is 1. The summed E-state index contributed by atoms with van der Waals surface area (Å²) in [4.78, 5) is 85.0. The zero-order valence-corrected chi connectivity index (χ0v) is 27.5. The lowest BCUT2D eigenvalue weighted by Crippen LogP contribution is -2.56. The molecule has 3 N–H and O–H groups in total. The van der Waals surface area contributed by atoms with Crippen LogP contribution < -0.4 is 10.1 Å². The summed E-state index contributed by atoms with van der Waals surface area (Å²) >= 11 is 0. The lowest BCUT2D eigenvalue weighted by atomic mass is 10.0. The summed E-state index contributed by atoms with van der Waals surface area (Å²) in [6.45, 7) is 2.16. The van der Waals surface area contributed by atoms with Crippen LogP contribution in [0.2, 0.25) is 0 Å². The molecule has 15 nitrogen and oxygen atoms in total. The van der Waals surface area contributed by atoms with Crippen LogP contribution in [0.1, 0.15) is 54.7 Å². The van der Waals surface area contributed by atoms with Crippen LogP contribution in [-0.4, -0.2) is 117 Å². The third-order valence-corrected chi connectivity index (χ3v) is 8.77. The van der Waals surface area contributed by atoms with E-state index < -0.39 is 60.5 Å². The number of piperazine rings is 1. The zero-order valence-electron chi connectivity index (χ0n) is 27.5. The predicted molar refractivity (Wildman–Crippen MR) is 177 cm³/mol. The molecule has 3 heterocycles. The van der Waals surface area contributed by atoms with Gasteiger partial charge in [0.1, 0.15) is 23.5 Å². The molecular weight excluding hydrogens is 650 g/mol. The van der Waals surface area contributed by atoms with E-state index in [0.29, 0.717) is 17.3 Å². The number of carboxylic acids is 2. The number of rotatable bonds is 12. The van der Waals surface area contributed by atoms with Gasteiger partial charge in [-0.3, -0.25) is 19.2 Å². The minimum atomic E-state index is -1.20. The van der Waals surface area contributed by atoms with Gasteiger partial charge in [0.05, 0.1) is 18.2 Å². The van der Waals surface area contributed by atoms with Crippen molar-refractivity contribution >= 4 is 46.7 Å². The number of carboxylic acid groups (broad SMARTS) is 2. The van der Waals surface area contributed by atoms with E-state index in [9.17, 15) is 39.0 Å². The van der Waals surface area contributed by atoms with Crippen LogP contribution in [0.25, 0.3) is 10.9 Å². The largest absolute Gasteiger partial charge is 0.483 e. The first kappa shape index (κ1) is 35.6. The molecule has 0 bridgehead atoms. The Kier molecular flexibility index (Phi) is 11.5. The zero-order chi connectivity index (χ0) is 35.8. The standard InChI is InChI=1S/C35H39N5O10/c1-2-49-35(48)39-18-16-38(17-19-39)33(45)25(12-15-31(42)43)37-32(44)26-20-29(23-10-6-7-11-24(23)36-26)50-21-30(41)40-27(13-14-28(40)34(46)47)22-8-4-3-5-9-22/h3-11,20,25,27-28H,2,12-19,21H2,1H3,(H,37,44)(H,42,43)(H,46,47)/t25-,27+,28-/m0/s1. The average molecular weight is 690 g/mol. The first-order valence-electron chi connectivity index (χ1n) is 16.4. The number of carbonyl (C=O) groups is 6. The maximum absolute atomic E-state index is 13.6. The number of likely N-dealkylation sites (tertiary alicyclic amines) is 1. The molecule has 2 aliphatic heterocycles. The number of ether oxygens (including phenoxy) is 2. The number of benzene rings is 2. The Morgan fingerprint density at radius 1 is 0.920 bits per heavy atom. The molecule has 2 aliphatic rings. The summed E-state index contributed by atoms with van der Waals surface area (Å²) < 4.78 is 11.0. The number of hydrogen-bond donors (Lipinski definition) is 3. The molecule has 0 saturated carbocycles. The second-order valence-corrected chi connectivity index (χ2v) is 11.9. The van der Waals surface area contributed by atoms with Crippen molar-refractivity contribution in [3.05, 3.63) is 71.9 Å². The van der Waals surface area contributed by atoms with Gasteiger partial charge in [-0.2, -0.15) is 0 Å². The highest BCUT2D eigenvalue weighted by molar-refractivity contribution is 5.99. The highest BCUT2D eigenvalue weighted by atomic mass is 16.6. The van der Waals surface area contributed by atoms with Crippen molar-refractivity contribution in [2.24, 2.45) is 0 Å². The fraction of sp³-hybridized carbons (Fsp3) is 0.400. The summed E-state index contributed by atoms with van der Waals surface area (Å²) in [6.07, 6.45) is -0.314. The number of nitrogens with zero attached hydrogens (tertiary/aromatic N) is 4. The molecule has 0 spiro atoms. The van der Waals surface area contributed by atoms with E-state index in [4.69, 9.17) is 9.47 Å². The van der Waals surface area contributed by atoms with Crippen molar-refractivity contribution in [3.63, 3.8) is 0 Å². The number of amides is 4. The molecule has 0 unspecified atom stereocenters. The van der Waals surface area contributed by atoms with Gasteiger partial charge >= 0.3 is 18.0 Å². The number of fused-ring (bicyclic) bond motifs is 1. The molecule has 3 aromatic rings. The van der Waals surface area contributed by atoms with Gasteiger partial charge in [0.15, 0.2) is 6.61 Å². The number of para-hydroxylation sites is 1. The Balaban J connectivity index is 1.33. The maximum atomic E-state index is 13.6. The van der Waals surface area contributed by atoms with Gasteiger partial charge in [-0.05, 0) is 43.9 Å². The summed E-state index contributed by atoms with van der Waals surface area (Å²) in [7, 11) is 0. The molecule has 264 valence electrons. The van der Waals surface area contributed by atoms with Crippen molar-refractivity contribution in [1.82, 2.24) is 25.0 Å². The Hall–Kier alpha value is -5.73. The van der Waals surface area contributed by atoms with Gasteiger partial charge < -0.3 is 39.7 Å². The average Bonchev–Trinajstić information content (AvgIpc) is 3.58. The minimum absolute atomic E-state index is 0.139. The quantitative estimate of drug-likeness (QED) is 0.253. The molecule has 15 heteroatoms. The monoisotopic (exact) mass is 689 g/mol. The molecule has 3 atom stereocenters. The Labute approximate surface area is 287 Å². The SMILES string of the molecule is CCOC(=O)N1CCN(C(=O)[C@H](CCC(=O)O)NC(=O)c2cc(OCC(=O)N3[C@@H](c4ccccc4)CC[C@H]3C(=O)O)c3ccccc3n2)CC1. The Morgan fingerprint density at radius 3 is 2.28 bits per heavy atom. The Bertz CT molecular complexity index is 1740. The summed E-state index contributed by atoms with van der Waals surface area (Å²) in [5, 5.41) is 22.3. The van der Waals surface area contributed by atoms with Crippen molar-refractivity contribution in [2.75, 3.05) is 39.4 Å². The molecule has 2 saturated heterocycles. The van der Waals surface area contributed by atoms with Crippen LogP contribution >= 0.6 is 0 Å². The van der Waals surface area contributed by atoms with Gasteiger partial charge in [0.25, 0.3) is 11.8 Å². The van der Waals surface area contributed by atoms with Crippen LogP contribution in [0, 0.1) is 0 Å². The normalized spacial score (nSPS) is 18.0. The van der Waals surface area contributed by atoms with Crippen LogP contribution in [0.15, 0.2) is 60.7 Å². The molecular formula is C35H39N5O10. The number of hydrogen-bond acceptors (Lipinski definition) is 9. The van der Waals surface area contributed by atoms with E-state index in [0.717, 1.165) is 5.56 Å². The van der Waals surface area contributed by atoms with Crippen LogP contribution in [0.3, 0.4) is 0 Å². The predicted octanol–water partition coefficient (Wildman–Crippen LogP) is 2.69. The highest BCUT2D eigenvalue weighted by Gasteiger charge is 2.41.